The molecule has 5 nitrogen and oxygen atoms in total. The largest absolute Gasteiger partial charge is 0.337 e. The van der Waals surface area contributed by atoms with E-state index in [0.717, 1.165) is 32.6 Å². The Kier molecular flexibility index (Phi) is 2.67. The molecule has 0 aliphatic carbocycles. The van der Waals surface area contributed by atoms with Crippen LogP contribution in [0.5, 0.6) is 0 Å². The van der Waals surface area contributed by atoms with E-state index < -0.39 is 0 Å². The molecule has 1 fully saturated rings. The number of hydrogen-bond donors (Lipinski definition) is 1. The summed E-state index contributed by atoms with van der Waals surface area (Å²) in [7, 11) is 0. The lowest BCUT2D eigenvalue weighted by Gasteiger charge is -2.13. The summed E-state index contributed by atoms with van der Waals surface area (Å²) in [6.07, 6.45) is 6.47. The molecule has 0 radical (unpaired) electrons. The Morgan fingerprint density at radius 2 is 2.43 bits per heavy atom. The number of hydrogen-bond acceptors (Lipinski definition) is 2. The Bertz CT molecular complexity index is 296. The van der Waals surface area contributed by atoms with Crippen LogP contribution in [0.25, 0.3) is 0 Å². The smallest absolute Gasteiger partial charge is 0.317 e. The first-order valence-corrected chi connectivity index (χ1v) is 4.85. The average molecular weight is 194 g/mol. The first-order valence-electron chi connectivity index (χ1n) is 4.85. The number of amides is 2. The minimum Gasteiger partial charge on any atom is -0.337 e. The second-order valence-electron chi connectivity index (χ2n) is 3.37. The van der Waals surface area contributed by atoms with Gasteiger partial charge in [-0.05, 0) is 6.42 Å². The number of urea groups is 1. The van der Waals surface area contributed by atoms with Crippen molar-refractivity contribution in [3.8, 4) is 0 Å². The standard InChI is InChI=1S/C9H14N4O/c14-9-11-3-7-13(9)5-1-4-12-6-2-10-8-12/h2,6,8H,1,3-5,7H2,(H,11,14). The van der Waals surface area contributed by atoms with Crippen molar-refractivity contribution in [2.45, 2.75) is 13.0 Å². The molecule has 0 atom stereocenters. The van der Waals surface area contributed by atoms with Crippen molar-refractivity contribution in [3.05, 3.63) is 18.7 Å². The zero-order chi connectivity index (χ0) is 9.80. The molecule has 0 spiro atoms. The predicted molar refractivity (Wildman–Crippen MR) is 51.8 cm³/mol. The van der Waals surface area contributed by atoms with E-state index in [1.807, 2.05) is 15.7 Å². The number of imidazole rings is 1. The monoisotopic (exact) mass is 194 g/mol. The molecular formula is C9H14N4O. The highest BCUT2D eigenvalue weighted by Gasteiger charge is 2.17. The lowest BCUT2D eigenvalue weighted by Crippen LogP contribution is -2.29. The third-order valence-electron chi connectivity index (χ3n) is 2.35. The summed E-state index contributed by atoms with van der Waals surface area (Å²) in [5, 5.41) is 2.78. The van der Waals surface area contributed by atoms with Gasteiger partial charge in [0.2, 0.25) is 0 Å². The zero-order valence-electron chi connectivity index (χ0n) is 8.02. The Morgan fingerprint density at radius 3 is 3.07 bits per heavy atom. The van der Waals surface area contributed by atoms with Crippen molar-refractivity contribution in [1.82, 2.24) is 19.8 Å². The second kappa shape index (κ2) is 4.13. The van der Waals surface area contributed by atoms with Crippen LogP contribution < -0.4 is 5.32 Å². The molecule has 0 aromatic carbocycles. The summed E-state index contributed by atoms with van der Waals surface area (Å²) >= 11 is 0. The van der Waals surface area contributed by atoms with E-state index in [-0.39, 0.29) is 6.03 Å². The van der Waals surface area contributed by atoms with Gasteiger partial charge in [-0.25, -0.2) is 9.78 Å². The van der Waals surface area contributed by atoms with Crippen LogP contribution in [-0.2, 0) is 6.54 Å². The van der Waals surface area contributed by atoms with Crippen LogP contribution in [0.15, 0.2) is 18.7 Å². The van der Waals surface area contributed by atoms with Crippen LogP contribution in [0.2, 0.25) is 0 Å². The second-order valence-corrected chi connectivity index (χ2v) is 3.37. The van der Waals surface area contributed by atoms with E-state index in [2.05, 4.69) is 10.3 Å². The molecule has 2 rings (SSSR count). The van der Waals surface area contributed by atoms with Crippen molar-refractivity contribution in [2.75, 3.05) is 19.6 Å². The highest BCUT2D eigenvalue weighted by atomic mass is 16.2. The first-order chi connectivity index (χ1) is 6.86. The molecule has 1 N–H and O–H groups in total. The summed E-state index contributed by atoms with van der Waals surface area (Å²) in [6.45, 7) is 3.36. The number of nitrogens with zero attached hydrogens (tertiary/aromatic N) is 3. The van der Waals surface area contributed by atoms with Gasteiger partial charge in [0, 0.05) is 38.6 Å². The minimum atomic E-state index is 0.0654. The van der Waals surface area contributed by atoms with E-state index in [9.17, 15) is 4.79 Å². The number of rotatable bonds is 4. The fourth-order valence-electron chi connectivity index (χ4n) is 1.59. The fraction of sp³-hybridized carbons (Fsp3) is 0.556. The van der Waals surface area contributed by atoms with Crippen LogP contribution >= 0.6 is 0 Å². The van der Waals surface area contributed by atoms with Gasteiger partial charge in [-0.2, -0.15) is 0 Å². The summed E-state index contributed by atoms with van der Waals surface area (Å²) in [4.78, 5) is 17.0. The van der Waals surface area contributed by atoms with Gasteiger partial charge in [-0.1, -0.05) is 0 Å². The highest BCUT2D eigenvalue weighted by molar-refractivity contribution is 5.76. The summed E-state index contributed by atoms with van der Waals surface area (Å²) in [5.41, 5.74) is 0. The van der Waals surface area contributed by atoms with Crippen LogP contribution in [-0.4, -0.2) is 40.1 Å². The number of carbonyl (C=O) groups excluding carboxylic acids is 1. The van der Waals surface area contributed by atoms with Crippen molar-refractivity contribution >= 4 is 6.03 Å². The molecule has 0 saturated carbocycles. The van der Waals surface area contributed by atoms with E-state index in [0.29, 0.717) is 0 Å². The van der Waals surface area contributed by atoms with Gasteiger partial charge in [0.05, 0.1) is 6.33 Å². The fourth-order valence-corrected chi connectivity index (χ4v) is 1.59. The Labute approximate surface area is 82.7 Å². The molecule has 0 bridgehead atoms. The third kappa shape index (κ3) is 2.04. The Morgan fingerprint density at radius 1 is 1.50 bits per heavy atom. The molecule has 76 valence electrons. The van der Waals surface area contributed by atoms with Gasteiger partial charge in [0.1, 0.15) is 0 Å². The molecule has 1 aromatic heterocycles. The summed E-state index contributed by atoms with van der Waals surface area (Å²) < 4.78 is 2.02. The van der Waals surface area contributed by atoms with Gasteiger partial charge in [0.25, 0.3) is 0 Å². The van der Waals surface area contributed by atoms with Gasteiger partial charge in [-0.3, -0.25) is 0 Å². The van der Waals surface area contributed by atoms with Crippen molar-refractivity contribution in [1.29, 1.82) is 0 Å². The average Bonchev–Trinajstić information content (AvgIpc) is 2.78. The number of carbonyl (C=O) groups is 1. The number of aromatic nitrogens is 2. The maximum atomic E-state index is 11.2. The third-order valence-corrected chi connectivity index (χ3v) is 2.35. The Balaban J connectivity index is 1.70. The van der Waals surface area contributed by atoms with Crippen LogP contribution in [0, 0.1) is 0 Å². The van der Waals surface area contributed by atoms with E-state index in [4.69, 9.17) is 0 Å². The molecule has 14 heavy (non-hydrogen) atoms. The molecule has 5 heteroatoms. The molecule has 2 heterocycles. The molecule has 1 aromatic rings. The van der Waals surface area contributed by atoms with Crippen LogP contribution in [0.4, 0.5) is 4.79 Å². The molecule has 1 aliphatic heterocycles. The van der Waals surface area contributed by atoms with Crippen LogP contribution in [0.1, 0.15) is 6.42 Å². The van der Waals surface area contributed by atoms with Crippen molar-refractivity contribution in [2.24, 2.45) is 0 Å². The molecule has 2 amide bonds. The summed E-state index contributed by atoms with van der Waals surface area (Å²) in [5.74, 6) is 0. The molecular weight excluding hydrogens is 180 g/mol. The van der Waals surface area contributed by atoms with E-state index in [1.165, 1.54) is 0 Å². The van der Waals surface area contributed by atoms with Crippen LogP contribution in [0.3, 0.4) is 0 Å². The van der Waals surface area contributed by atoms with Gasteiger partial charge < -0.3 is 14.8 Å². The first kappa shape index (κ1) is 9.05. The quantitative estimate of drug-likeness (QED) is 0.749. The van der Waals surface area contributed by atoms with E-state index >= 15 is 0 Å². The van der Waals surface area contributed by atoms with Gasteiger partial charge >= 0.3 is 6.03 Å². The lowest BCUT2D eigenvalue weighted by atomic mass is 10.4. The highest BCUT2D eigenvalue weighted by Crippen LogP contribution is 1.99. The molecule has 1 aliphatic rings. The minimum absolute atomic E-state index is 0.0654. The Hall–Kier alpha value is -1.52. The maximum absolute atomic E-state index is 11.2. The lowest BCUT2D eigenvalue weighted by molar-refractivity contribution is 0.216. The van der Waals surface area contributed by atoms with Crippen molar-refractivity contribution in [3.63, 3.8) is 0 Å². The van der Waals surface area contributed by atoms with Crippen molar-refractivity contribution < 1.29 is 4.79 Å². The van der Waals surface area contributed by atoms with E-state index in [1.54, 1.807) is 12.5 Å². The number of nitrogens with one attached hydrogen (secondary N) is 1. The van der Waals surface area contributed by atoms with Gasteiger partial charge in [-0.15, -0.1) is 0 Å². The number of aryl methyl sites for hydroxylation is 1. The zero-order valence-corrected chi connectivity index (χ0v) is 8.02. The molecule has 0 unspecified atom stereocenters. The van der Waals surface area contributed by atoms with Gasteiger partial charge in [0.15, 0.2) is 0 Å². The topological polar surface area (TPSA) is 50.2 Å². The predicted octanol–water partition coefficient (Wildman–Crippen LogP) is 0.298. The normalized spacial score (nSPS) is 16.0. The SMILES string of the molecule is O=C1NCCN1CCCn1ccnc1. The summed E-state index contributed by atoms with van der Waals surface area (Å²) in [6, 6.07) is 0.0654. The molecule has 1 saturated heterocycles. The maximum Gasteiger partial charge on any atom is 0.317 e.